The first-order valence-corrected chi connectivity index (χ1v) is 18.8. The van der Waals surface area contributed by atoms with Gasteiger partial charge in [-0.15, -0.1) is 0 Å². The molecule has 11 heteroatoms. The van der Waals surface area contributed by atoms with Crippen LogP contribution in [-0.4, -0.2) is 65.8 Å². The van der Waals surface area contributed by atoms with Crippen LogP contribution < -0.4 is 15.7 Å². The van der Waals surface area contributed by atoms with Crippen molar-refractivity contribution in [3.63, 3.8) is 0 Å². The molecule has 1 heterocycles. The van der Waals surface area contributed by atoms with Gasteiger partial charge in [0.25, 0.3) is 18.4 Å². The summed E-state index contributed by atoms with van der Waals surface area (Å²) in [6.45, 7) is 11.7. The highest BCUT2D eigenvalue weighted by atomic mass is 32.2. The molecule has 0 radical (unpaired) electrons. The third kappa shape index (κ3) is 8.81. The minimum absolute atomic E-state index is 0.0277. The average molecular weight is 656 g/mol. The van der Waals surface area contributed by atoms with Crippen LogP contribution in [0.5, 0.6) is 0 Å². The van der Waals surface area contributed by atoms with Crippen LogP contribution in [0.3, 0.4) is 0 Å². The predicted octanol–water partition coefficient (Wildman–Crippen LogP) is 4.74. The minimum atomic E-state index is -3.81. The quantitative estimate of drug-likeness (QED) is 0.220. The Morgan fingerprint density at radius 3 is 1.87 bits per heavy atom. The molecule has 0 bridgehead atoms. The minimum Gasteiger partial charge on any atom is -0.445 e. The maximum absolute atomic E-state index is 13.3. The van der Waals surface area contributed by atoms with E-state index in [0.29, 0.717) is 0 Å². The molecule has 3 aromatic carbocycles. The van der Waals surface area contributed by atoms with E-state index in [4.69, 9.17) is 22.8 Å². The molecule has 45 heavy (non-hydrogen) atoms. The van der Waals surface area contributed by atoms with E-state index in [2.05, 4.69) is 50.4 Å². The fraction of sp³-hybridized carbons (Fsp3) is 0.441. The fourth-order valence-corrected chi connectivity index (χ4v) is 11.2. The van der Waals surface area contributed by atoms with Gasteiger partial charge in [0.2, 0.25) is 0 Å². The summed E-state index contributed by atoms with van der Waals surface area (Å²) in [6, 6.07) is 28.9. The van der Waals surface area contributed by atoms with Crippen molar-refractivity contribution in [2.75, 3.05) is 12.9 Å². The van der Waals surface area contributed by atoms with Crippen molar-refractivity contribution in [1.29, 1.82) is 0 Å². The molecule has 1 amide bonds. The first-order valence-electron chi connectivity index (χ1n) is 15.1. The van der Waals surface area contributed by atoms with Crippen molar-refractivity contribution in [3.05, 3.63) is 96.6 Å². The normalized spacial score (nSPS) is 19.9. The number of rotatable bonds is 12. The standard InChI is InChI=1S/C34H45NO8SSi/c1-25(43-44(7,37)38)30-31(42-34(5,6)41-30)29(35-32(36)39-23-26-17-11-8-12-18-26)24-40-45(33(2,3)4,27-19-13-9-14-20-27)28-21-15-10-16-22-28/h8-22,25,29-31H,23-24H2,1-7H3,(H,35,36)/t25-,29-,30+,31+/m0/s1. The molecule has 0 aliphatic carbocycles. The fourth-order valence-electron chi connectivity index (χ4n) is 5.93. The van der Waals surface area contributed by atoms with Crippen LogP contribution in [0.2, 0.25) is 5.04 Å². The highest BCUT2D eigenvalue weighted by molar-refractivity contribution is 7.86. The molecule has 1 saturated heterocycles. The zero-order valence-electron chi connectivity index (χ0n) is 27.1. The summed E-state index contributed by atoms with van der Waals surface area (Å²) >= 11 is 0. The van der Waals surface area contributed by atoms with Crippen molar-refractivity contribution >= 4 is 34.9 Å². The third-order valence-corrected chi connectivity index (χ3v) is 13.4. The second kappa shape index (κ2) is 14.1. The van der Waals surface area contributed by atoms with Crippen LogP contribution in [0.4, 0.5) is 4.79 Å². The number of carbonyl (C=O) groups is 1. The first-order chi connectivity index (χ1) is 21.1. The SMILES string of the molecule is C[C@H](OS(C)(=O)=O)[C@H]1OC(C)(C)O[C@@H]1[C@H](CO[Si](c1ccccc1)(c1ccccc1)C(C)(C)C)NC(=O)OCc1ccccc1. The van der Waals surface area contributed by atoms with Crippen molar-refractivity contribution in [2.45, 2.75) is 83.3 Å². The molecule has 3 aromatic rings. The zero-order valence-corrected chi connectivity index (χ0v) is 28.9. The summed E-state index contributed by atoms with van der Waals surface area (Å²) in [4.78, 5) is 13.3. The highest BCUT2D eigenvalue weighted by Crippen LogP contribution is 2.38. The summed E-state index contributed by atoms with van der Waals surface area (Å²) in [6.07, 6.45) is -2.28. The van der Waals surface area contributed by atoms with Crippen LogP contribution >= 0.6 is 0 Å². The van der Waals surface area contributed by atoms with Crippen molar-refractivity contribution in [3.8, 4) is 0 Å². The Labute approximate surface area is 268 Å². The number of carbonyl (C=O) groups excluding carboxylic acids is 1. The van der Waals surface area contributed by atoms with Crippen LogP contribution in [0, 0.1) is 0 Å². The summed E-state index contributed by atoms with van der Waals surface area (Å²) in [7, 11) is -6.83. The Hall–Kier alpha value is -3.06. The van der Waals surface area contributed by atoms with Crippen molar-refractivity contribution < 1.29 is 36.0 Å². The molecule has 0 saturated carbocycles. The number of ether oxygens (including phenoxy) is 3. The molecule has 1 aliphatic rings. The smallest absolute Gasteiger partial charge is 0.407 e. The van der Waals surface area contributed by atoms with Gasteiger partial charge in [0.1, 0.15) is 24.9 Å². The van der Waals surface area contributed by atoms with Crippen molar-refractivity contribution in [2.24, 2.45) is 0 Å². The van der Waals surface area contributed by atoms with Crippen LogP contribution in [0.1, 0.15) is 47.1 Å². The monoisotopic (exact) mass is 655 g/mol. The summed E-state index contributed by atoms with van der Waals surface area (Å²) in [5.41, 5.74) is 0.836. The highest BCUT2D eigenvalue weighted by Gasteiger charge is 2.53. The molecular weight excluding hydrogens is 611 g/mol. The number of alkyl carbamates (subject to hydrolysis) is 1. The lowest BCUT2D eigenvalue weighted by Crippen LogP contribution is -2.68. The van der Waals surface area contributed by atoms with E-state index < -0.39 is 54.7 Å². The summed E-state index contributed by atoms with van der Waals surface area (Å²) < 4.78 is 54.8. The first kappa shape index (κ1) is 34.8. The lowest BCUT2D eigenvalue weighted by atomic mass is 10.0. The van der Waals surface area contributed by atoms with Gasteiger partial charge in [-0.05, 0) is 41.7 Å². The lowest BCUT2D eigenvalue weighted by Gasteiger charge is -2.44. The molecule has 9 nitrogen and oxygen atoms in total. The molecule has 0 aromatic heterocycles. The summed E-state index contributed by atoms with van der Waals surface area (Å²) in [5.74, 6) is -1.09. The Kier molecular flexibility index (Phi) is 10.9. The summed E-state index contributed by atoms with van der Waals surface area (Å²) in [5, 5.41) is 4.79. The number of benzene rings is 3. The van der Waals surface area contributed by atoms with E-state index in [1.807, 2.05) is 66.7 Å². The van der Waals surface area contributed by atoms with Crippen molar-refractivity contribution in [1.82, 2.24) is 5.32 Å². The topological polar surface area (TPSA) is 109 Å². The molecule has 1 aliphatic heterocycles. The van der Waals surface area contributed by atoms with Gasteiger partial charge in [-0.1, -0.05) is 112 Å². The number of amides is 1. The third-order valence-electron chi connectivity index (χ3n) is 7.76. The van der Waals surface area contributed by atoms with E-state index in [1.165, 1.54) is 0 Å². The maximum Gasteiger partial charge on any atom is 0.407 e. The second-order valence-corrected chi connectivity index (χ2v) is 18.8. The molecular formula is C34H45NO8SSi. The van der Waals surface area contributed by atoms with Crippen LogP contribution in [0.25, 0.3) is 0 Å². The zero-order chi connectivity index (χ0) is 32.9. The lowest BCUT2D eigenvalue weighted by molar-refractivity contribution is -0.154. The van der Waals surface area contributed by atoms with Crippen LogP contribution in [0.15, 0.2) is 91.0 Å². The van der Waals surface area contributed by atoms with Gasteiger partial charge in [-0.3, -0.25) is 4.18 Å². The number of hydrogen-bond acceptors (Lipinski definition) is 8. The largest absolute Gasteiger partial charge is 0.445 e. The number of nitrogens with one attached hydrogen (secondary N) is 1. The Bertz CT molecular complexity index is 1460. The molecule has 4 atom stereocenters. The van der Waals surface area contributed by atoms with E-state index >= 15 is 0 Å². The van der Waals surface area contributed by atoms with Gasteiger partial charge >= 0.3 is 6.09 Å². The van der Waals surface area contributed by atoms with Gasteiger partial charge in [0.05, 0.1) is 18.9 Å². The Balaban J connectivity index is 1.72. The van der Waals surface area contributed by atoms with Gasteiger partial charge in [-0.2, -0.15) is 8.42 Å². The second-order valence-electron chi connectivity index (χ2n) is 12.9. The molecule has 4 rings (SSSR count). The molecule has 0 spiro atoms. The van der Waals surface area contributed by atoms with Gasteiger partial charge in [0.15, 0.2) is 5.79 Å². The molecule has 1 fully saturated rings. The maximum atomic E-state index is 13.3. The molecule has 1 N–H and O–H groups in total. The average Bonchev–Trinajstić information content (AvgIpc) is 3.31. The van der Waals surface area contributed by atoms with E-state index in [9.17, 15) is 13.2 Å². The van der Waals surface area contributed by atoms with Gasteiger partial charge < -0.3 is 24.0 Å². The Morgan fingerprint density at radius 1 is 0.889 bits per heavy atom. The predicted molar refractivity (Wildman–Crippen MR) is 176 cm³/mol. The van der Waals surface area contributed by atoms with E-state index in [1.54, 1.807) is 20.8 Å². The van der Waals surface area contributed by atoms with E-state index in [-0.39, 0.29) is 18.3 Å². The van der Waals surface area contributed by atoms with Gasteiger partial charge in [0, 0.05) is 0 Å². The molecule has 0 unspecified atom stereocenters. The van der Waals surface area contributed by atoms with E-state index in [0.717, 1.165) is 22.2 Å². The Morgan fingerprint density at radius 2 is 1.38 bits per heavy atom. The molecule has 244 valence electrons. The number of hydrogen-bond donors (Lipinski definition) is 1. The van der Waals surface area contributed by atoms with Gasteiger partial charge in [-0.25, -0.2) is 4.79 Å². The van der Waals surface area contributed by atoms with Crippen LogP contribution in [-0.2, 0) is 39.5 Å².